The van der Waals surface area contributed by atoms with Crippen molar-refractivity contribution in [2.24, 2.45) is 0 Å². The second kappa shape index (κ2) is 10.6. The largest absolute Gasteiger partial charge is 0.468 e. The molecule has 0 spiro atoms. The number of rotatable bonds is 7. The molecule has 1 saturated carbocycles. The van der Waals surface area contributed by atoms with E-state index in [9.17, 15) is 4.79 Å². The molecule has 0 N–H and O–H groups in total. The van der Waals surface area contributed by atoms with Crippen LogP contribution in [-0.4, -0.2) is 24.0 Å². The van der Waals surface area contributed by atoms with Gasteiger partial charge >= 0.3 is 0 Å². The molecule has 0 radical (unpaired) electrons. The molecular weight excluding hydrogens is 298 g/mol. The summed E-state index contributed by atoms with van der Waals surface area (Å²) in [5.74, 6) is 0. The van der Waals surface area contributed by atoms with Gasteiger partial charge in [0.15, 0.2) is 0 Å². The van der Waals surface area contributed by atoms with Crippen LogP contribution < -0.4 is 0 Å². The maximum atomic E-state index is 9.18. The molecule has 3 rings (SSSR count). The second-order valence-corrected chi connectivity index (χ2v) is 6.01. The van der Waals surface area contributed by atoms with Gasteiger partial charge in [-0.3, -0.25) is 9.69 Å². The number of hydrogen-bond acceptors (Lipinski definition) is 3. The number of ether oxygens (including phenoxy) is 1. The summed E-state index contributed by atoms with van der Waals surface area (Å²) in [5.41, 5.74) is 2.84. The van der Waals surface area contributed by atoms with Crippen molar-refractivity contribution in [2.75, 3.05) is 6.61 Å². The Balaban J connectivity index is 0.000000368. The van der Waals surface area contributed by atoms with E-state index in [1.54, 1.807) is 6.92 Å². The molecule has 0 saturated heterocycles. The zero-order valence-corrected chi connectivity index (χ0v) is 14.4. The summed E-state index contributed by atoms with van der Waals surface area (Å²) in [6.07, 6.45) is 4.12. The molecule has 3 nitrogen and oxygen atoms in total. The molecule has 0 aromatic heterocycles. The van der Waals surface area contributed by atoms with Crippen LogP contribution in [0.4, 0.5) is 0 Å². The van der Waals surface area contributed by atoms with Crippen LogP contribution in [0.3, 0.4) is 0 Å². The van der Waals surface area contributed by atoms with E-state index in [4.69, 9.17) is 0 Å². The maximum Gasteiger partial charge on any atom is 0.293 e. The van der Waals surface area contributed by atoms with Gasteiger partial charge in [-0.2, -0.15) is 0 Å². The Kier molecular flexibility index (Phi) is 8.05. The third-order valence-electron chi connectivity index (χ3n) is 4.28. The number of nitrogens with zero attached hydrogens (tertiary/aromatic N) is 1. The number of carbonyl (C=O) groups is 1. The molecule has 1 aliphatic rings. The fourth-order valence-corrected chi connectivity index (χ4v) is 2.77. The molecule has 3 heteroatoms. The van der Waals surface area contributed by atoms with Crippen molar-refractivity contribution in [3.05, 3.63) is 71.8 Å². The summed E-state index contributed by atoms with van der Waals surface area (Å²) in [4.78, 5) is 11.8. The van der Waals surface area contributed by atoms with Crippen molar-refractivity contribution in [1.29, 1.82) is 0 Å². The third kappa shape index (κ3) is 6.17. The summed E-state index contributed by atoms with van der Waals surface area (Å²) in [7, 11) is 0. The van der Waals surface area contributed by atoms with E-state index in [1.807, 2.05) is 0 Å². The molecule has 24 heavy (non-hydrogen) atoms. The van der Waals surface area contributed by atoms with Gasteiger partial charge in [-0.1, -0.05) is 67.1 Å². The van der Waals surface area contributed by atoms with E-state index < -0.39 is 0 Å². The van der Waals surface area contributed by atoms with Crippen LogP contribution in [0.15, 0.2) is 60.7 Å². The smallest absolute Gasteiger partial charge is 0.293 e. The highest BCUT2D eigenvalue weighted by Crippen LogP contribution is 2.27. The highest BCUT2D eigenvalue weighted by Gasteiger charge is 2.24. The van der Waals surface area contributed by atoms with Gasteiger partial charge in [-0.15, -0.1) is 0 Å². The molecule has 0 aliphatic heterocycles. The lowest BCUT2D eigenvalue weighted by atomic mass is 9.90. The van der Waals surface area contributed by atoms with Gasteiger partial charge in [0.05, 0.1) is 6.61 Å². The van der Waals surface area contributed by atoms with E-state index in [0.717, 1.165) is 19.1 Å². The summed E-state index contributed by atoms with van der Waals surface area (Å²) >= 11 is 0. The summed E-state index contributed by atoms with van der Waals surface area (Å²) in [5, 5.41) is 0. The molecule has 128 valence electrons. The molecule has 0 unspecified atom stereocenters. The lowest BCUT2D eigenvalue weighted by molar-refractivity contribution is -0.128. The Bertz CT molecular complexity index is 525. The molecular formula is C21H27NO2. The Hall–Kier alpha value is -2.13. The van der Waals surface area contributed by atoms with Crippen LogP contribution in [0.1, 0.15) is 37.3 Å². The molecule has 0 heterocycles. The van der Waals surface area contributed by atoms with Crippen molar-refractivity contribution in [1.82, 2.24) is 4.90 Å². The highest BCUT2D eigenvalue weighted by atomic mass is 16.5. The number of benzene rings is 2. The van der Waals surface area contributed by atoms with E-state index in [1.165, 1.54) is 30.4 Å². The average molecular weight is 325 g/mol. The first-order chi connectivity index (χ1) is 11.8. The fraction of sp³-hybridized carbons (Fsp3) is 0.381. The lowest BCUT2D eigenvalue weighted by Gasteiger charge is -2.37. The van der Waals surface area contributed by atoms with E-state index >= 15 is 0 Å². The predicted molar refractivity (Wildman–Crippen MR) is 97.5 cm³/mol. The van der Waals surface area contributed by atoms with Gasteiger partial charge in [0.25, 0.3) is 6.47 Å². The molecule has 0 bridgehead atoms. The Morgan fingerprint density at radius 2 is 1.46 bits per heavy atom. The van der Waals surface area contributed by atoms with Crippen LogP contribution in [0, 0.1) is 0 Å². The van der Waals surface area contributed by atoms with Gasteiger partial charge < -0.3 is 4.74 Å². The summed E-state index contributed by atoms with van der Waals surface area (Å²) in [6, 6.07) is 22.4. The van der Waals surface area contributed by atoms with Gasteiger partial charge in [-0.25, -0.2) is 0 Å². The van der Waals surface area contributed by atoms with Crippen LogP contribution in [-0.2, 0) is 22.6 Å². The van der Waals surface area contributed by atoms with Crippen molar-refractivity contribution < 1.29 is 9.53 Å². The zero-order valence-electron chi connectivity index (χ0n) is 14.4. The maximum absolute atomic E-state index is 9.18. The van der Waals surface area contributed by atoms with E-state index in [0.29, 0.717) is 13.1 Å². The SMILES string of the molecule is CCOC=O.c1ccc(CN(Cc2ccccc2)C2CCC2)cc1. The van der Waals surface area contributed by atoms with Crippen LogP contribution in [0.2, 0.25) is 0 Å². The first-order valence-electron chi connectivity index (χ1n) is 8.70. The fourth-order valence-electron chi connectivity index (χ4n) is 2.77. The van der Waals surface area contributed by atoms with Gasteiger partial charge in [0, 0.05) is 19.1 Å². The number of hydrogen-bond donors (Lipinski definition) is 0. The monoisotopic (exact) mass is 325 g/mol. The summed E-state index contributed by atoms with van der Waals surface area (Å²) in [6.45, 7) is 4.80. The topological polar surface area (TPSA) is 29.5 Å². The molecule has 1 aliphatic carbocycles. The van der Waals surface area contributed by atoms with Crippen molar-refractivity contribution in [3.63, 3.8) is 0 Å². The second-order valence-electron chi connectivity index (χ2n) is 6.01. The van der Waals surface area contributed by atoms with Crippen LogP contribution >= 0.6 is 0 Å². The predicted octanol–water partition coefficient (Wildman–Crippen LogP) is 4.42. The van der Waals surface area contributed by atoms with Gasteiger partial charge in [-0.05, 0) is 30.9 Å². The Morgan fingerprint density at radius 3 is 1.75 bits per heavy atom. The lowest BCUT2D eigenvalue weighted by Crippen LogP contribution is -2.39. The van der Waals surface area contributed by atoms with Crippen LogP contribution in [0.25, 0.3) is 0 Å². The minimum Gasteiger partial charge on any atom is -0.468 e. The minimum atomic E-state index is 0.431. The molecule has 1 fully saturated rings. The zero-order chi connectivity index (χ0) is 17.0. The molecule has 0 amide bonds. The molecule has 2 aromatic carbocycles. The van der Waals surface area contributed by atoms with Crippen molar-refractivity contribution in [2.45, 2.75) is 45.3 Å². The molecule has 0 atom stereocenters. The van der Waals surface area contributed by atoms with E-state index in [2.05, 4.69) is 70.3 Å². The van der Waals surface area contributed by atoms with Gasteiger partial charge in [0.2, 0.25) is 0 Å². The summed E-state index contributed by atoms with van der Waals surface area (Å²) < 4.78 is 4.15. The third-order valence-corrected chi connectivity index (χ3v) is 4.28. The average Bonchev–Trinajstić information content (AvgIpc) is 2.56. The first kappa shape index (κ1) is 18.2. The minimum absolute atomic E-state index is 0.431. The van der Waals surface area contributed by atoms with Crippen LogP contribution in [0.5, 0.6) is 0 Å². The quantitative estimate of drug-likeness (QED) is 0.706. The highest BCUT2D eigenvalue weighted by molar-refractivity contribution is 5.36. The molecule has 2 aromatic rings. The first-order valence-corrected chi connectivity index (χ1v) is 8.70. The normalized spacial score (nSPS) is 13.6. The Morgan fingerprint density at radius 1 is 0.958 bits per heavy atom. The Labute approximate surface area is 145 Å². The van der Waals surface area contributed by atoms with E-state index in [-0.39, 0.29) is 0 Å². The number of carbonyl (C=O) groups excluding carboxylic acids is 1. The van der Waals surface area contributed by atoms with Gasteiger partial charge in [0.1, 0.15) is 0 Å². The van der Waals surface area contributed by atoms with Crippen molar-refractivity contribution in [3.8, 4) is 0 Å². The van der Waals surface area contributed by atoms with Crippen molar-refractivity contribution >= 4 is 6.47 Å². The standard InChI is InChI=1S/C18H21N.C3H6O2/c1-3-8-16(9-4-1)14-19(18-12-7-13-18)15-17-10-5-2-6-11-17;1-2-5-3-4/h1-6,8-11,18H,7,12-15H2;3H,2H2,1H3.